The molecule has 11 heteroatoms. The maximum atomic E-state index is 13.0. The van der Waals surface area contributed by atoms with Crippen molar-refractivity contribution >= 4 is 34.3 Å². The molecule has 5 rings (SSSR count). The van der Waals surface area contributed by atoms with E-state index in [1.807, 2.05) is 27.0 Å². The molecular weight excluding hydrogens is 519 g/mol. The predicted octanol–water partition coefficient (Wildman–Crippen LogP) is 6.41. The summed E-state index contributed by atoms with van der Waals surface area (Å²) in [5.41, 5.74) is 11.3. The van der Waals surface area contributed by atoms with E-state index in [1.54, 1.807) is 18.3 Å². The lowest BCUT2D eigenvalue weighted by Gasteiger charge is -2.22. The lowest BCUT2D eigenvalue weighted by molar-refractivity contribution is -0.137. The van der Waals surface area contributed by atoms with Gasteiger partial charge >= 0.3 is 12.2 Å². The van der Waals surface area contributed by atoms with Crippen molar-refractivity contribution < 1.29 is 18.0 Å². The number of hydrogen-bond acceptors (Lipinski definition) is 5. The Balaban J connectivity index is 1.41. The number of imidazole rings is 1. The molecule has 2 aromatic heterocycles. The van der Waals surface area contributed by atoms with Gasteiger partial charge in [0.05, 0.1) is 17.5 Å². The smallest absolute Gasteiger partial charge is 0.382 e. The average molecular weight is 550 g/mol. The maximum Gasteiger partial charge on any atom is 0.416 e. The molecule has 5 N–H and O–H groups in total. The first-order valence-corrected chi connectivity index (χ1v) is 12.9. The summed E-state index contributed by atoms with van der Waals surface area (Å²) in [4.78, 5) is 21.9. The van der Waals surface area contributed by atoms with Crippen molar-refractivity contribution in [2.24, 2.45) is 0 Å². The molecule has 2 heterocycles. The van der Waals surface area contributed by atoms with Crippen LogP contribution in [0, 0.1) is 13.8 Å². The Morgan fingerprint density at radius 2 is 1.85 bits per heavy atom. The van der Waals surface area contributed by atoms with Crippen LogP contribution in [0.3, 0.4) is 0 Å². The van der Waals surface area contributed by atoms with Gasteiger partial charge in [0.25, 0.3) is 0 Å². The quantitative estimate of drug-likeness (QED) is 0.230. The number of benzene rings is 2. The molecule has 0 bridgehead atoms. The summed E-state index contributed by atoms with van der Waals surface area (Å²) < 4.78 is 41.0. The molecule has 1 unspecified atom stereocenters. The molecule has 2 aromatic carbocycles. The number of carbonyl (C=O) groups excluding carboxylic acids is 1. The van der Waals surface area contributed by atoms with Gasteiger partial charge in [-0.1, -0.05) is 18.2 Å². The topological polar surface area (TPSA) is 109 Å². The van der Waals surface area contributed by atoms with Crippen LogP contribution < -0.4 is 21.7 Å². The van der Waals surface area contributed by atoms with Crippen molar-refractivity contribution in [3.8, 4) is 11.3 Å². The van der Waals surface area contributed by atoms with Crippen LogP contribution in [0.15, 0.2) is 54.7 Å². The zero-order valence-corrected chi connectivity index (χ0v) is 22.4. The number of nitrogens with two attached hydrogens (primary N) is 1. The summed E-state index contributed by atoms with van der Waals surface area (Å²) in [6, 6.07) is 9.59. The summed E-state index contributed by atoms with van der Waals surface area (Å²) in [5, 5.41) is 8.45. The second-order valence-electron chi connectivity index (χ2n) is 9.90. The monoisotopic (exact) mass is 549 g/mol. The van der Waals surface area contributed by atoms with Gasteiger partial charge in [0.1, 0.15) is 22.9 Å². The Bertz CT molecular complexity index is 1620. The summed E-state index contributed by atoms with van der Waals surface area (Å²) in [6.07, 6.45) is 2.43. The molecule has 0 aliphatic heterocycles. The molecule has 0 fully saturated rings. The van der Waals surface area contributed by atoms with Gasteiger partial charge in [-0.25, -0.2) is 14.8 Å². The number of halogens is 3. The molecule has 4 aromatic rings. The van der Waals surface area contributed by atoms with Crippen molar-refractivity contribution in [2.45, 2.75) is 45.3 Å². The maximum absolute atomic E-state index is 13.0. The minimum atomic E-state index is -4.50. The van der Waals surface area contributed by atoms with Crippen LogP contribution in [0.25, 0.3) is 22.3 Å². The van der Waals surface area contributed by atoms with E-state index in [-0.39, 0.29) is 5.69 Å². The third-order valence-electron chi connectivity index (χ3n) is 7.19. The highest BCUT2D eigenvalue weighted by Gasteiger charge is 2.30. The number of anilines is 3. The number of hydrogen-bond donors (Lipinski definition) is 4. The minimum absolute atomic E-state index is 0.0361. The Morgan fingerprint density at radius 3 is 2.50 bits per heavy atom. The SMILES string of the molecule is CNC1CC=C(c2cnc(N)c3c(-c4ccc(NC(=O)Nc5cccc(C(F)(F)F)c5)cc4C)nc(C)n23)CC1. The number of alkyl halides is 3. The highest BCUT2D eigenvalue weighted by molar-refractivity contribution is 6.00. The van der Waals surface area contributed by atoms with Gasteiger partial charge in [-0.3, -0.25) is 4.40 Å². The van der Waals surface area contributed by atoms with Gasteiger partial charge < -0.3 is 21.7 Å². The molecule has 0 spiro atoms. The first-order chi connectivity index (χ1) is 19.0. The van der Waals surface area contributed by atoms with E-state index in [0.29, 0.717) is 23.2 Å². The van der Waals surface area contributed by atoms with E-state index < -0.39 is 17.8 Å². The summed E-state index contributed by atoms with van der Waals surface area (Å²) in [7, 11) is 1.98. The zero-order chi connectivity index (χ0) is 28.6. The van der Waals surface area contributed by atoms with E-state index >= 15 is 0 Å². The normalized spacial score (nSPS) is 15.7. The number of urea groups is 1. The van der Waals surface area contributed by atoms with Crippen LogP contribution in [0.1, 0.15) is 41.9 Å². The molecule has 0 saturated heterocycles. The van der Waals surface area contributed by atoms with Gasteiger partial charge in [-0.15, -0.1) is 0 Å². The number of aromatic nitrogens is 3. The zero-order valence-electron chi connectivity index (χ0n) is 22.4. The van der Waals surface area contributed by atoms with Gasteiger partial charge in [-0.05, 0) is 81.6 Å². The average Bonchev–Trinajstić information content (AvgIpc) is 3.26. The van der Waals surface area contributed by atoms with Gasteiger partial charge in [0.2, 0.25) is 0 Å². The Hall–Kier alpha value is -4.38. The van der Waals surface area contributed by atoms with Crippen molar-refractivity contribution in [1.82, 2.24) is 19.7 Å². The Labute approximate surface area is 229 Å². The van der Waals surface area contributed by atoms with Gasteiger partial charge in [0, 0.05) is 23.0 Å². The van der Waals surface area contributed by atoms with E-state index in [1.165, 1.54) is 17.7 Å². The lowest BCUT2D eigenvalue weighted by Crippen LogP contribution is -2.26. The van der Waals surface area contributed by atoms with Crippen molar-refractivity contribution in [1.29, 1.82) is 0 Å². The highest BCUT2D eigenvalue weighted by atomic mass is 19.4. The Kier molecular flexibility index (Phi) is 7.24. The molecule has 40 heavy (non-hydrogen) atoms. The number of nitrogens with zero attached hydrogens (tertiary/aromatic N) is 3. The predicted molar refractivity (Wildman–Crippen MR) is 151 cm³/mol. The van der Waals surface area contributed by atoms with Gasteiger partial charge in [-0.2, -0.15) is 13.2 Å². The molecule has 1 aliphatic rings. The van der Waals surface area contributed by atoms with Crippen LogP contribution in [-0.4, -0.2) is 33.5 Å². The first kappa shape index (κ1) is 27.2. The van der Waals surface area contributed by atoms with Crippen molar-refractivity contribution in [2.75, 3.05) is 23.4 Å². The van der Waals surface area contributed by atoms with E-state index in [2.05, 4.69) is 31.4 Å². The van der Waals surface area contributed by atoms with Crippen LogP contribution >= 0.6 is 0 Å². The van der Waals surface area contributed by atoms with Crippen LogP contribution in [0.4, 0.5) is 35.2 Å². The Morgan fingerprint density at radius 1 is 1.10 bits per heavy atom. The molecule has 0 radical (unpaired) electrons. The third-order valence-corrected chi connectivity index (χ3v) is 7.19. The van der Waals surface area contributed by atoms with Crippen LogP contribution in [0.5, 0.6) is 0 Å². The third kappa shape index (κ3) is 5.37. The first-order valence-electron chi connectivity index (χ1n) is 12.9. The van der Waals surface area contributed by atoms with Crippen molar-refractivity contribution in [3.05, 3.63) is 77.4 Å². The van der Waals surface area contributed by atoms with Crippen molar-refractivity contribution in [3.63, 3.8) is 0 Å². The number of nitrogens with one attached hydrogen (secondary N) is 3. The highest BCUT2D eigenvalue weighted by Crippen LogP contribution is 2.35. The molecule has 1 aliphatic carbocycles. The number of aryl methyl sites for hydroxylation is 2. The summed E-state index contributed by atoms with van der Waals surface area (Å²) >= 11 is 0. The molecule has 2 amide bonds. The fourth-order valence-electron chi connectivity index (χ4n) is 5.13. The number of rotatable bonds is 5. The fraction of sp³-hybridized carbons (Fsp3) is 0.276. The second-order valence-corrected chi connectivity index (χ2v) is 9.90. The largest absolute Gasteiger partial charge is 0.416 e. The standard InChI is InChI=1S/C29H30F3N7O/c1-16-13-22(38-28(40)37-21-6-4-5-19(14-21)29(30,31)32)11-12-23(16)25-26-27(33)35-15-24(39(26)17(2)36-25)18-7-9-20(34-3)10-8-18/h4-7,11-15,20,34H,8-10H2,1-3H3,(H2,33,35)(H2,37,38,40). The minimum Gasteiger partial charge on any atom is -0.382 e. The van der Waals surface area contributed by atoms with E-state index in [0.717, 1.165) is 59.6 Å². The number of carbonyl (C=O) groups is 1. The molecule has 0 saturated carbocycles. The fourth-order valence-corrected chi connectivity index (χ4v) is 5.13. The van der Waals surface area contributed by atoms with Crippen LogP contribution in [0.2, 0.25) is 0 Å². The molecular formula is C29H30F3N7O. The van der Waals surface area contributed by atoms with Gasteiger partial charge in [0.15, 0.2) is 0 Å². The van der Waals surface area contributed by atoms with E-state index in [9.17, 15) is 18.0 Å². The number of fused-ring (bicyclic) bond motifs is 1. The molecule has 8 nitrogen and oxygen atoms in total. The summed E-state index contributed by atoms with van der Waals surface area (Å²) in [5.74, 6) is 1.15. The number of nitrogen functional groups attached to an aromatic ring is 1. The van der Waals surface area contributed by atoms with E-state index in [4.69, 9.17) is 10.7 Å². The molecule has 1 atom stereocenters. The number of allylic oxidation sites excluding steroid dienone is 1. The lowest BCUT2D eigenvalue weighted by atomic mass is 9.93. The van der Waals surface area contributed by atoms with Crippen LogP contribution in [-0.2, 0) is 6.18 Å². The number of amides is 2. The molecule has 208 valence electrons. The summed E-state index contributed by atoms with van der Waals surface area (Å²) in [6.45, 7) is 3.82. The second kappa shape index (κ2) is 10.6.